The number of hydrogen-bond donors (Lipinski definition) is 1. The molecule has 2 N–H and O–H groups in total. The Bertz CT molecular complexity index is 386. The lowest BCUT2D eigenvalue weighted by atomic mass is 10.3. The zero-order chi connectivity index (χ0) is 12.1. The lowest BCUT2D eigenvalue weighted by Gasteiger charge is -2.01. The molecule has 0 radical (unpaired) electrons. The molecule has 0 saturated carbocycles. The first-order chi connectivity index (χ1) is 7.54. The van der Waals surface area contributed by atoms with Gasteiger partial charge in [0.05, 0.1) is 6.61 Å². The highest BCUT2D eigenvalue weighted by Crippen LogP contribution is 2.22. The standard InChI is InChI=1S/C10H13NO4S/c1-3-14-10(13)15-9(12)8-5-4-7(16-8)6(2)11/h4-6H,3,11H2,1-2H3. The van der Waals surface area contributed by atoms with Crippen LogP contribution in [0.2, 0.25) is 0 Å². The fourth-order valence-electron chi connectivity index (χ4n) is 0.981. The van der Waals surface area contributed by atoms with Crippen LogP contribution in [0.15, 0.2) is 12.1 Å². The molecular formula is C10H13NO4S. The Kier molecular flexibility index (Phi) is 4.45. The van der Waals surface area contributed by atoms with Crippen molar-refractivity contribution in [2.45, 2.75) is 19.9 Å². The second-order valence-electron chi connectivity index (χ2n) is 3.06. The topological polar surface area (TPSA) is 78.6 Å². The molecule has 16 heavy (non-hydrogen) atoms. The van der Waals surface area contributed by atoms with Gasteiger partial charge >= 0.3 is 12.1 Å². The van der Waals surface area contributed by atoms with Gasteiger partial charge in [0.25, 0.3) is 0 Å². The van der Waals surface area contributed by atoms with Crippen molar-refractivity contribution in [2.75, 3.05) is 6.61 Å². The van der Waals surface area contributed by atoms with E-state index in [4.69, 9.17) is 5.73 Å². The van der Waals surface area contributed by atoms with Crippen LogP contribution in [0.5, 0.6) is 0 Å². The molecule has 1 atom stereocenters. The van der Waals surface area contributed by atoms with Gasteiger partial charge in [0.2, 0.25) is 0 Å². The fourth-order valence-corrected chi connectivity index (χ4v) is 1.82. The molecule has 6 heteroatoms. The molecule has 5 nitrogen and oxygen atoms in total. The molecule has 0 bridgehead atoms. The Hall–Kier alpha value is -1.40. The second-order valence-corrected chi connectivity index (χ2v) is 4.18. The molecule has 0 spiro atoms. The number of carbonyl (C=O) groups excluding carboxylic acids is 2. The maximum Gasteiger partial charge on any atom is 0.516 e. The maximum absolute atomic E-state index is 11.4. The first-order valence-electron chi connectivity index (χ1n) is 4.78. The highest BCUT2D eigenvalue weighted by atomic mass is 32.1. The molecule has 88 valence electrons. The van der Waals surface area contributed by atoms with Gasteiger partial charge in [-0.15, -0.1) is 11.3 Å². The van der Waals surface area contributed by atoms with Gasteiger partial charge in [0.15, 0.2) is 0 Å². The highest BCUT2D eigenvalue weighted by Gasteiger charge is 2.16. The summed E-state index contributed by atoms with van der Waals surface area (Å²) in [6, 6.07) is 3.16. The molecular weight excluding hydrogens is 230 g/mol. The SMILES string of the molecule is CCOC(=O)OC(=O)c1ccc(C(C)N)s1. The van der Waals surface area contributed by atoms with E-state index in [-0.39, 0.29) is 12.6 Å². The number of ether oxygens (including phenoxy) is 2. The van der Waals surface area contributed by atoms with Crippen LogP contribution in [-0.4, -0.2) is 18.7 Å². The van der Waals surface area contributed by atoms with Crippen LogP contribution in [0, 0.1) is 0 Å². The summed E-state index contributed by atoms with van der Waals surface area (Å²) in [7, 11) is 0. The fraction of sp³-hybridized carbons (Fsp3) is 0.400. The monoisotopic (exact) mass is 243 g/mol. The molecule has 0 aliphatic carbocycles. The molecule has 1 aromatic heterocycles. The Balaban J connectivity index is 2.62. The molecule has 1 heterocycles. The van der Waals surface area contributed by atoms with Crippen molar-refractivity contribution in [1.29, 1.82) is 0 Å². The van der Waals surface area contributed by atoms with Gasteiger partial charge in [-0.05, 0) is 26.0 Å². The van der Waals surface area contributed by atoms with E-state index in [0.717, 1.165) is 4.88 Å². The summed E-state index contributed by atoms with van der Waals surface area (Å²) in [5, 5.41) is 0. The molecule has 0 amide bonds. The Morgan fingerprint density at radius 1 is 1.50 bits per heavy atom. The third-order valence-electron chi connectivity index (χ3n) is 1.71. The minimum atomic E-state index is -0.983. The van der Waals surface area contributed by atoms with E-state index in [1.165, 1.54) is 11.3 Å². The summed E-state index contributed by atoms with van der Waals surface area (Å²) in [5.74, 6) is -0.713. The summed E-state index contributed by atoms with van der Waals surface area (Å²) in [6.07, 6.45) is -0.983. The predicted molar refractivity (Wildman–Crippen MR) is 59.4 cm³/mol. The van der Waals surface area contributed by atoms with Gasteiger partial charge in [-0.1, -0.05) is 0 Å². The molecule has 1 unspecified atom stereocenters. The van der Waals surface area contributed by atoms with Crippen molar-refractivity contribution in [3.8, 4) is 0 Å². The quantitative estimate of drug-likeness (QED) is 0.649. The number of esters is 1. The van der Waals surface area contributed by atoms with Gasteiger partial charge in [0.1, 0.15) is 4.88 Å². The van der Waals surface area contributed by atoms with E-state index >= 15 is 0 Å². The van der Waals surface area contributed by atoms with E-state index in [2.05, 4.69) is 9.47 Å². The number of thiophene rings is 1. The van der Waals surface area contributed by atoms with Crippen molar-refractivity contribution >= 4 is 23.5 Å². The van der Waals surface area contributed by atoms with E-state index in [1.807, 2.05) is 6.92 Å². The van der Waals surface area contributed by atoms with Gasteiger partial charge in [0, 0.05) is 10.9 Å². The minimum Gasteiger partial charge on any atom is -0.434 e. The van der Waals surface area contributed by atoms with Crippen LogP contribution in [-0.2, 0) is 9.47 Å². The minimum absolute atomic E-state index is 0.144. The molecule has 0 aliphatic heterocycles. The molecule has 0 fully saturated rings. The first-order valence-corrected chi connectivity index (χ1v) is 5.60. The zero-order valence-electron chi connectivity index (χ0n) is 9.06. The Morgan fingerprint density at radius 2 is 2.19 bits per heavy atom. The zero-order valence-corrected chi connectivity index (χ0v) is 9.87. The summed E-state index contributed by atoms with van der Waals surface area (Å²) in [6.45, 7) is 3.61. The smallest absolute Gasteiger partial charge is 0.434 e. The lowest BCUT2D eigenvalue weighted by molar-refractivity contribution is 0.0406. The number of rotatable bonds is 3. The van der Waals surface area contributed by atoms with Gasteiger partial charge in [-0.2, -0.15) is 0 Å². The van der Waals surface area contributed by atoms with Crippen molar-refractivity contribution in [3.63, 3.8) is 0 Å². The van der Waals surface area contributed by atoms with Gasteiger partial charge in [-0.25, -0.2) is 9.59 Å². The van der Waals surface area contributed by atoms with Crippen molar-refractivity contribution in [3.05, 3.63) is 21.9 Å². The number of nitrogens with two attached hydrogens (primary N) is 1. The second kappa shape index (κ2) is 5.62. The summed E-state index contributed by atoms with van der Waals surface area (Å²) < 4.78 is 8.93. The van der Waals surface area contributed by atoms with Crippen molar-refractivity contribution < 1.29 is 19.1 Å². The Morgan fingerprint density at radius 3 is 2.69 bits per heavy atom. The van der Waals surface area contributed by atoms with E-state index in [9.17, 15) is 9.59 Å². The average Bonchev–Trinajstić information content (AvgIpc) is 2.66. The van der Waals surface area contributed by atoms with Crippen LogP contribution in [0.25, 0.3) is 0 Å². The number of carbonyl (C=O) groups is 2. The maximum atomic E-state index is 11.4. The highest BCUT2D eigenvalue weighted by molar-refractivity contribution is 7.14. The first kappa shape index (κ1) is 12.7. The normalized spacial score (nSPS) is 11.9. The van der Waals surface area contributed by atoms with Gasteiger partial charge in [-0.3, -0.25) is 0 Å². The molecule has 0 aliphatic rings. The average molecular weight is 243 g/mol. The lowest BCUT2D eigenvalue weighted by Crippen LogP contribution is -2.12. The van der Waals surface area contributed by atoms with Crippen LogP contribution < -0.4 is 5.73 Å². The summed E-state index contributed by atoms with van der Waals surface area (Å²) in [5.41, 5.74) is 5.64. The predicted octanol–water partition coefficient (Wildman–Crippen LogP) is 2.08. The van der Waals surface area contributed by atoms with E-state index < -0.39 is 12.1 Å². The van der Waals surface area contributed by atoms with E-state index in [0.29, 0.717) is 4.88 Å². The van der Waals surface area contributed by atoms with Crippen LogP contribution in [0.3, 0.4) is 0 Å². The van der Waals surface area contributed by atoms with Crippen LogP contribution in [0.4, 0.5) is 4.79 Å². The largest absolute Gasteiger partial charge is 0.516 e. The molecule has 0 saturated heterocycles. The molecule has 1 aromatic rings. The van der Waals surface area contributed by atoms with Crippen LogP contribution in [0.1, 0.15) is 34.4 Å². The molecule has 0 aromatic carbocycles. The van der Waals surface area contributed by atoms with Crippen LogP contribution >= 0.6 is 11.3 Å². The Labute approximate surface area is 97.2 Å². The summed E-state index contributed by atoms with van der Waals surface area (Å²) >= 11 is 1.20. The summed E-state index contributed by atoms with van der Waals surface area (Å²) in [4.78, 5) is 23.5. The molecule has 1 rings (SSSR count). The number of hydrogen-bond acceptors (Lipinski definition) is 6. The van der Waals surface area contributed by atoms with Gasteiger partial charge < -0.3 is 15.2 Å². The van der Waals surface area contributed by atoms with Crippen molar-refractivity contribution in [1.82, 2.24) is 0 Å². The van der Waals surface area contributed by atoms with Crippen molar-refractivity contribution in [2.24, 2.45) is 5.73 Å². The van der Waals surface area contributed by atoms with E-state index in [1.54, 1.807) is 19.1 Å². The third kappa shape index (κ3) is 3.32. The third-order valence-corrected chi connectivity index (χ3v) is 2.98.